The summed E-state index contributed by atoms with van der Waals surface area (Å²) >= 11 is 0. The lowest BCUT2D eigenvalue weighted by molar-refractivity contribution is 0.665. The molecule has 0 bridgehead atoms. The van der Waals surface area contributed by atoms with Crippen LogP contribution in [-0.4, -0.2) is 21.4 Å². The first kappa shape index (κ1) is 9.98. The molecule has 2 aromatic heterocycles. The van der Waals surface area contributed by atoms with Gasteiger partial charge in [-0.2, -0.15) is 5.10 Å². The molecule has 0 aromatic carbocycles. The monoisotopic (exact) mass is 204 g/mol. The molecule has 4 heteroatoms. The van der Waals surface area contributed by atoms with Crippen LogP contribution in [0.25, 0.3) is 0 Å². The van der Waals surface area contributed by atoms with E-state index in [2.05, 4.69) is 33.3 Å². The van der Waals surface area contributed by atoms with E-state index >= 15 is 0 Å². The number of aryl methyl sites for hydroxylation is 1. The van der Waals surface area contributed by atoms with Crippen LogP contribution in [0.4, 0.5) is 0 Å². The lowest BCUT2D eigenvalue weighted by atomic mass is 10.4. The van der Waals surface area contributed by atoms with Gasteiger partial charge in [0.25, 0.3) is 0 Å². The Kier molecular flexibility index (Phi) is 2.87. The fourth-order valence-electron chi connectivity index (χ4n) is 1.67. The first-order valence-electron chi connectivity index (χ1n) is 5.07. The smallest absolute Gasteiger partial charge is 0.0821 e. The van der Waals surface area contributed by atoms with Crippen molar-refractivity contribution in [2.24, 2.45) is 7.05 Å². The van der Waals surface area contributed by atoms with Gasteiger partial charge in [0.05, 0.1) is 12.2 Å². The number of hydrogen-bond acceptors (Lipinski definition) is 2. The predicted octanol–water partition coefficient (Wildman–Crippen LogP) is 0.989. The molecule has 0 saturated heterocycles. The number of nitrogens with one attached hydrogen (secondary N) is 1. The molecule has 0 aliphatic heterocycles. The van der Waals surface area contributed by atoms with Gasteiger partial charge in [0.2, 0.25) is 0 Å². The van der Waals surface area contributed by atoms with Gasteiger partial charge in [-0.15, -0.1) is 0 Å². The summed E-state index contributed by atoms with van der Waals surface area (Å²) in [6.07, 6.45) is 4.05. The van der Waals surface area contributed by atoms with Crippen LogP contribution in [0.1, 0.15) is 11.4 Å². The van der Waals surface area contributed by atoms with Crippen molar-refractivity contribution in [3.63, 3.8) is 0 Å². The van der Waals surface area contributed by atoms with Gasteiger partial charge in [0.15, 0.2) is 0 Å². The summed E-state index contributed by atoms with van der Waals surface area (Å²) in [5.74, 6) is 0. The van der Waals surface area contributed by atoms with Gasteiger partial charge in [0.1, 0.15) is 0 Å². The summed E-state index contributed by atoms with van der Waals surface area (Å²) in [5.41, 5.74) is 2.37. The van der Waals surface area contributed by atoms with Crippen molar-refractivity contribution in [1.29, 1.82) is 0 Å². The summed E-state index contributed by atoms with van der Waals surface area (Å²) in [6, 6.07) is 6.23. The minimum atomic E-state index is 0.838. The Bertz CT molecular complexity index is 427. The average molecular weight is 204 g/mol. The molecule has 1 N–H and O–H groups in total. The highest BCUT2D eigenvalue weighted by Gasteiger charge is 2.02. The zero-order valence-electron chi connectivity index (χ0n) is 9.14. The van der Waals surface area contributed by atoms with Crippen molar-refractivity contribution in [3.05, 3.63) is 42.0 Å². The Morgan fingerprint density at radius 2 is 2.20 bits per heavy atom. The zero-order chi connectivity index (χ0) is 10.7. The molecule has 2 aromatic rings. The summed E-state index contributed by atoms with van der Waals surface area (Å²) in [5, 5.41) is 7.52. The van der Waals surface area contributed by atoms with E-state index in [4.69, 9.17) is 0 Å². The molecule has 80 valence electrons. The molecule has 0 aliphatic carbocycles. The van der Waals surface area contributed by atoms with E-state index in [0.717, 1.165) is 18.8 Å². The summed E-state index contributed by atoms with van der Waals surface area (Å²) in [6.45, 7) is 1.73. The molecule has 0 amide bonds. The van der Waals surface area contributed by atoms with E-state index in [-0.39, 0.29) is 0 Å². The highest BCUT2D eigenvalue weighted by atomic mass is 15.3. The van der Waals surface area contributed by atoms with Gasteiger partial charge >= 0.3 is 0 Å². The molecule has 0 spiro atoms. The Labute approximate surface area is 89.5 Å². The third-order valence-electron chi connectivity index (χ3n) is 2.38. The first-order valence-corrected chi connectivity index (χ1v) is 5.07. The van der Waals surface area contributed by atoms with Gasteiger partial charge in [-0.1, -0.05) is 0 Å². The second-order valence-corrected chi connectivity index (χ2v) is 3.64. The molecule has 4 nitrogen and oxygen atoms in total. The second kappa shape index (κ2) is 4.31. The van der Waals surface area contributed by atoms with Crippen molar-refractivity contribution in [1.82, 2.24) is 19.7 Å². The minimum absolute atomic E-state index is 0.838. The summed E-state index contributed by atoms with van der Waals surface area (Å²) < 4.78 is 4.04. The zero-order valence-corrected chi connectivity index (χ0v) is 9.14. The minimum Gasteiger partial charge on any atom is -0.344 e. The van der Waals surface area contributed by atoms with Crippen LogP contribution < -0.4 is 5.32 Å². The van der Waals surface area contributed by atoms with E-state index in [1.54, 1.807) is 0 Å². The van der Waals surface area contributed by atoms with Crippen LogP contribution in [0.5, 0.6) is 0 Å². The lowest BCUT2D eigenvalue weighted by Gasteiger charge is -2.06. The molecule has 2 rings (SSSR count). The van der Waals surface area contributed by atoms with E-state index in [9.17, 15) is 0 Å². The van der Waals surface area contributed by atoms with E-state index in [1.165, 1.54) is 5.69 Å². The molecule has 0 fully saturated rings. The topological polar surface area (TPSA) is 34.8 Å². The normalized spacial score (nSPS) is 10.8. The van der Waals surface area contributed by atoms with Gasteiger partial charge in [-0.05, 0) is 25.2 Å². The fourth-order valence-corrected chi connectivity index (χ4v) is 1.67. The maximum atomic E-state index is 4.36. The third kappa shape index (κ3) is 2.27. The predicted molar refractivity (Wildman–Crippen MR) is 59.5 cm³/mol. The molecule has 0 saturated carbocycles. The first-order chi connectivity index (χ1) is 7.29. The molecule has 0 atom stereocenters. The maximum Gasteiger partial charge on any atom is 0.0821 e. The van der Waals surface area contributed by atoms with Crippen LogP contribution in [0.15, 0.2) is 30.6 Å². The van der Waals surface area contributed by atoms with Crippen LogP contribution in [0.2, 0.25) is 0 Å². The van der Waals surface area contributed by atoms with Crippen LogP contribution in [0.3, 0.4) is 0 Å². The molecule has 0 aliphatic rings. The van der Waals surface area contributed by atoms with Gasteiger partial charge in [-0.25, -0.2) is 0 Å². The molecular formula is C11H16N4. The Balaban J connectivity index is 2.13. The largest absolute Gasteiger partial charge is 0.344 e. The van der Waals surface area contributed by atoms with Gasteiger partial charge in [-0.3, -0.25) is 4.68 Å². The molecule has 15 heavy (non-hydrogen) atoms. The van der Waals surface area contributed by atoms with E-state index < -0.39 is 0 Å². The van der Waals surface area contributed by atoms with Crippen molar-refractivity contribution < 1.29 is 0 Å². The van der Waals surface area contributed by atoms with E-state index in [0.29, 0.717) is 0 Å². The standard InChI is InChI=1S/C11H16N4/c1-12-8-11-4-3-6-15(11)9-10-5-7-14(2)13-10/h3-7,12H,8-9H2,1-2H3. The Hall–Kier alpha value is -1.55. The molecular weight excluding hydrogens is 188 g/mol. The molecule has 2 heterocycles. The third-order valence-corrected chi connectivity index (χ3v) is 2.38. The maximum absolute atomic E-state index is 4.36. The Morgan fingerprint density at radius 3 is 2.87 bits per heavy atom. The molecule has 0 unspecified atom stereocenters. The van der Waals surface area contributed by atoms with Crippen LogP contribution in [0, 0.1) is 0 Å². The Morgan fingerprint density at radius 1 is 1.33 bits per heavy atom. The van der Waals surface area contributed by atoms with Crippen LogP contribution >= 0.6 is 0 Å². The highest BCUT2D eigenvalue weighted by molar-refractivity contribution is 5.10. The van der Waals surface area contributed by atoms with Crippen LogP contribution in [-0.2, 0) is 20.1 Å². The van der Waals surface area contributed by atoms with Crippen molar-refractivity contribution in [2.45, 2.75) is 13.1 Å². The SMILES string of the molecule is CNCc1cccn1Cc1ccn(C)n1. The van der Waals surface area contributed by atoms with Crippen molar-refractivity contribution in [3.8, 4) is 0 Å². The quantitative estimate of drug-likeness (QED) is 0.806. The average Bonchev–Trinajstić information content (AvgIpc) is 2.78. The summed E-state index contributed by atoms with van der Waals surface area (Å²) in [7, 11) is 3.89. The summed E-state index contributed by atoms with van der Waals surface area (Å²) in [4.78, 5) is 0. The van der Waals surface area contributed by atoms with Gasteiger partial charge < -0.3 is 9.88 Å². The van der Waals surface area contributed by atoms with Gasteiger partial charge in [0, 0.05) is 31.7 Å². The molecule has 0 radical (unpaired) electrons. The second-order valence-electron chi connectivity index (χ2n) is 3.64. The number of rotatable bonds is 4. The number of nitrogens with zero attached hydrogens (tertiary/aromatic N) is 3. The number of aromatic nitrogens is 3. The van der Waals surface area contributed by atoms with Crippen molar-refractivity contribution >= 4 is 0 Å². The van der Waals surface area contributed by atoms with Crippen molar-refractivity contribution in [2.75, 3.05) is 7.05 Å². The van der Waals surface area contributed by atoms with E-state index in [1.807, 2.05) is 31.0 Å². The fraction of sp³-hybridized carbons (Fsp3) is 0.364. The lowest BCUT2D eigenvalue weighted by Crippen LogP contribution is -2.11. The number of hydrogen-bond donors (Lipinski definition) is 1. The highest BCUT2D eigenvalue weighted by Crippen LogP contribution is 2.05.